The molecule has 2 aromatic rings. The van der Waals surface area contributed by atoms with Crippen LogP contribution in [0.3, 0.4) is 0 Å². The smallest absolute Gasteiger partial charge is 0.255 e. The van der Waals surface area contributed by atoms with Crippen LogP contribution in [0.5, 0.6) is 0 Å². The summed E-state index contributed by atoms with van der Waals surface area (Å²) >= 11 is 0. The average molecular weight is 341 g/mol. The number of carbonyl (C=O) groups excluding carboxylic acids is 2. The van der Waals surface area contributed by atoms with Gasteiger partial charge in [-0.1, -0.05) is 18.2 Å². The van der Waals surface area contributed by atoms with Gasteiger partial charge in [0.2, 0.25) is 5.91 Å². The van der Waals surface area contributed by atoms with E-state index in [1.54, 1.807) is 24.3 Å². The van der Waals surface area contributed by atoms with Crippen molar-refractivity contribution in [3.63, 3.8) is 0 Å². The minimum atomic E-state index is -0.459. The molecule has 0 radical (unpaired) electrons. The first-order valence-corrected chi connectivity index (χ1v) is 8.17. The second kappa shape index (κ2) is 7.44. The Morgan fingerprint density at radius 3 is 2.72 bits per heavy atom. The zero-order valence-corrected chi connectivity index (χ0v) is 14.0. The first kappa shape index (κ1) is 17.1. The predicted molar refractivity (Wildman–Crippen MR) is 93.8 cm³/mol. The van der Waals surface area contributed by atoms with E-state index in [9.17, 15) is 14.0 Å². The molecule has 0 atom stereocenters. The molecular weight excluding hydrogens is 321 g/mol. The number of amides is 2. The second-order valence-corrected chi connectivity index (χ2v) is 6.19. The monoisotopic (exact) mass is 341 g/mol. The molecule has 130 valence electrons. The molecule has 3 rings (SSSR count). The van der Waals surface area contributed by atoms with Crippen molar-refractivity contribution in [2.45, 2.75) is 13.5 Å². The van der Waals surface area contributed by atoms with Gasteiger partial charge in [0.1, 0.15) is 5.82 Å². The highest BCUT2D eigenvalue weighted by Crippen LogP contribution is 2.17. The summed E-state index contributed by atoms with van der Waals surface area (Å²) < 4.78 is 13.7. The van der Waals surface area contributed by atoms with Crippen LogP contribution in [-0.2, 0) is 11.3 Å². The Bertz CT molecular complexity index is 790. The summed E-state index contributed by atoms with van der Waals surface area (Å²) in [6, 6.07) is 11.7. The van der Waals surface area contributed by atoms with Gasteiger partial charge in [-0.25, -0.2) is 4.39 Å². The van der Waals surface area contributed by atoms with Crippen LogP contribution in [0.25, 0.3) is 0 Å². The van der Waals surface area contributed by atoms with Crippen molar-refractivity contribution in [2.24, 2.45) is 0 Å². The van der Waals surface area contributed by atoms with E-state index in [-0.39, 0.29) is 17.5 Å². The van der Waals surface area contributed by atoms with Crippen molar-refractivity contribution >= 4 is 17.5 Å². The van der Waals surface area contributed by atoms with E-state index in [1.807, 2.05) is 19.1 Å². The molecule has 2 N–H and O–H groups in total. The minimum Gasteiger partial charge on any atom is -0.354 e. The van der Waals surface area contributed by atoms with Gasteiger partial charge in [-0.15, -0.1) is 0 Å². The average Bonchev–Trinajstić information content (AvgIpc) is 2.59. The molecular formula is C19H20FN3O2. The highest BCUT2D eigenvalue weighted by atomic mass is 19.1. The fourth-order valence-electron chi connectivity index (χ4n) is 2.78. The van der Waals surface area contributed by atoms with Gasteiger partial charge in [-0.3, -0.25) is 14.5 Å². The van der Waals surface area contributed by atoms with E-state index in [4.69, 9.17) is 0 Å². The van der Waals surface area contributed by atoms with Gasteiger partial charge in [0, 0.05) is 25.2 Å². The van der Waals surface area contributed by atoms with Crippen molar-refractivity contribution < 1.29 is 14.0 Å². The van der Waals surface area contributed by atoms with Gasteiger partial charge in [0.15, 0.2) is 0 Å². The summed E-state index contributed by atoms with van der Waals surface area (Å²) in [5.74, 6) is -0.783. The van der Waals surface area contributed by atoms with Crippen LogP contribution in [0.15, 0.2) is 42.5 Å². The van der Waals surface area contributed by atoms with Crippen LogP contribution in [0.2, 0.25) is 0 Å². The van der Waals surface area contributed by atoms with Gasteiger partial charge in [0.05, 0.1) is 12.2 Å². The fourth-order valence-corrected chi connectivity index (χ4v) is 2.78. The number of piperazine rings is 1. The fraction of sp³-hybridized carbons (Fsp3) is 0.263. The van der Waals surface area contributed by atoms with Gasteiger partial charge < -0.3 is 10.6 Å². The highest BCUT2D eigenvalue weighted by Gasteiger charge is 2.16. The van der Waals surface area contributed by atoms with Gasteiger partial charge in [-0.05, 0) is 42.3 Å². The Morgan fingerprint density at radius 1 is 1.24 bits per heavy atom. The third-order valence-electron chi connectivity index (χ3n) is 4.11. The summed E-state index contributed by atoms with van der Waals surface area (Å²) in [6.07, 6.45) is 0. The number of benzene rings is 2. The summed E-state index contributed by atoms with van der Waals surface area (Å²) in [7, 11) is 0. The zero-order valence-electron chi connectivity index (χ0n) is 14.0. The number of nitrogens with zero attached hydrogens (tertiary/aromatic N) is 1. The molecule has 6 heteroatoms. The van der Waals surface area contributed by atoms with Crippen LogP contribution in [-0.4, -0.2) is 36.3 Å². The molecule has 0 aliphatic carbocycles. The molecule has 2 amide bonds. The molecule has 1 aliphatic rings. The first-order valence-electron chi connectivity index (χ1n) is 8.17. The number of anilines is 1. The molecule has 5 nitrogen and oxygen atoms in total. The predicted octanol–water partition coefficient (Wildman–Crippen LogP) is 2.32. The first-order chi connectivity index (χ1) is 12.0. The minimum absolute atomic E-state index is 0.0300. The van der Waals surface area contributed by atoms with Crippen LogP contribution in [0, 0.1) is 12.7 Å². The third-order valence-corrected chi connectivity index (χ3v) is 4.11. The van der Waals surface area contributed by atoms with Crippen molar-refractivity contribution in [3.8, 4) is 0 Å². The Balaban J connectivity index is 1.64. The standard InChI is InChI=1S/C19H20FN3O2/c1-13-2-7-16(20)17(10-13)22-19(25)15-5-3-14(4-6-15)11-23-9-8-21-18(24)12-23/h2-7,10H,8-9,11-12H2,1H3,(H,21,24)(H,22,25). The molecule has 0 saturated carbocycles. The van der Waals surface area contributed by atoms with Crippen molar-refractivity contribution in [1.29, 1.82) is 0 Å². The van der Waals surface area contributed by atoms with E-state index < -0.39 is 5.82 Å². The van der Waals surface area contributed by atoms with Gasteiger partial charge >= 0.3 is 0 Å². The Labute approximate surface area is 145 Å². The molecule has 0 unspecified atom stereocenters. The quantitative estimate of drug-likeness (QED) is 0.897. The number of rotatable bonds is 4. The molecule has 1 fully saturated rings. The summed E-state index contributed by atoms with van der Waals surface area (Å²) in [5.41, 5.74) is 2.53. The zero-order chi connectivity index (χ0) is 17.8. The van der Waals surface area contributed by atoms with E-state index >= 15 is 0 Å². The lowest BCUT2D eigenvalue weighted by molar-refractivity contribution is -0.124. The van der Waals surface area contributed by atoms with Crippen molar-refractivity contribution in [1.82, 2.24) is 10.2 Å². The Kier molecular flexibility index (Phi) is 5.09. The number of carbonyl (C=O) groups is 2. The molecule has 0 bridgehead atoms. The van der Waals surface area contributed by atoms with Crippen LogP contribution in [0.4, 0.5) is 10.1 Å². The lowest BCUT2D eigenvalue weighted by atomic mass is 10.1. The van der Waals surface area contributed by atoms with Crippen LogP contribution < -0.4 is 10.6 Å². The van der Waals surface area contributed by atoms with Crippen LogP contribution >= 0.6 is 0 Å². The molecule has 1 aliphatic heterocycles. The van der Waals surface area contributed by atoms with E-state index in [2.05, 4.69) is 15.5 Å². The van der Waals surface area contributed by atoms with Crippen molar-refractivity contribution in [2.75, 3.05) is 25.0 Å². The summed E-state index contributed by atoms with van der Waals surface area (Å²) in [4.78, 5) is 25.7. The normalized spacial score (nSPS) is 14.9. The second-order valence-electron chi connectivity index (χ2n) is 6.19. The maximum absolute atomic E-state index is 13.7. The molecule has 1 saturated heterocycles. The number of aryl methyl sites for hydroxylation is 1. The largest absolute Gasteiger partial charge is 0.354 e. The van der Waals surface area contributed by atoms with E-state index in [0.29, 0.717) is 25.2 Å². The SMILES string of the molecule is Cc1ccc(F)c(NC(=O)c2ccc(CN3CCNC(=O)C3)cc2)c1. The maximum Gasteiger partial charge on any atom is 0.255 e. The molecule has 25 heavy (non-hydrogen) atoms. The number of halogens is 1. The highest BCUT2D eigenvalue weighted by molar-refractivity contribution is 6.04. The number of hydrogen-bond acceptors (Lipinski definition) is 3. The lowest BCUT2D eigenvalue weighted by Gasteiger charge is -2.26. The summed E-state index contributed by atoms with van der Waals surface area (Å²) in [5, 5.41) is 5.39. The molecule has 1 heterocycles. The van der Waals surface area contributed by atoms with E-state index in [0.717, 1.165) is 17.7 Å². The van der Waals surface area contributed by atoms with Gasteiger partial charge in [-0.2, -0.15) is 0 Å². The Hall–Kier alpha value is -2.73. The lowest BCUT2D eigenvalue weighted by Crippen LogP contribution is -2.47. The van der Waals surface area contributed by atoms with E-state index in [1.165, 1.54) is 6.07 Å². The Morgan fingerprint density at radius 2 is 2.00 bits per heavy atom. The number of hydrogen-bond donors (Lipinski definition) is 2. The topological polar surface area (TPSA) is 61.4 Å². The van der Waals surface area contributed by atoms with Crippen LogP contribution in [0.1, 0.15) is 21.5 Å². The maximum atomic E-state index is 13.7. The third kappa shape index (κ3) is 4.42. The molecule has 0 spiro atoms. The van der Waals surface area contributed by atoms with Crippen molar-refractivity contribution in [3.05, 3.63) is 65.0 Å². The molecule has 0 aromatic heterocycles. The summed E-state index contributed by atoms with van der Waals surface area (Å²) in [6.45, 7) is 4.34. The molecule has 2 aromatic carbocycles. The van der Waals surface area contributed by atoms with Gasteiger partial charge in [0.25, 0.3) is 5.91 Å². The number of nitrogens with one attached hydrogen (secondary N) is 2.